The zero-order valence-corrected chi connectivity index (χ0v) is 10.7. The molecule has 0 bridgehead atoms. The minimum Gasteiger partial charge on any atom is -0.493 e. The van der Waals surface area contributed by atoms with Crippen molar-refractivity contribution >= 4 is 0 Å². The van der Waals surface area contributed by atoms with E-state index < -0.39 is 0 Å². The Morgan fingerprint density at radius 1 is 1.33 bits per heavy atom. The van der Waals surface area contributed by atoms with Gasteiger partial charge in [-0.15, -0.1) is 0 Å². The highest BCUT2D eigenvalue weighted by Gasteiger charge is 2.19. The number of methoxy groups -OCH3 is 1. The number of nitrogens with two attached hydrogens (primary N) is 1. The van der Waals surface area contributed by atoms with Crippen LogP contribution in [0.3, 0.4) is 0 Å². The molecule has 1 aromatic carbocycles. The Kier molecular flexibility index (Phi) is 4.66. The van der Waals surface area contributed by atoms with E-state index in [-0.39, 0.29) is 6.79 Å². The van der Waals surface area contributed by atoms with Crippen molar-refractivity contribution in [3.05, 3.63) is 17.7 Å². The molecule has 3 N–H and O–H groups in total. The summed E-state index contributed by atoms with van der Waals surface area (Å²) in [4.78, 5) is 0. The van der Waals surface area contributed by atoms with Crippen LogP contribution in [-0.4, -0.2) is 27.0 Å². The van der Waals surface area contributed by atoms with Gasteiger partial charge in [-0.25, -0.2) is 0 Å². The predicted molar refractivity (Wildman–Crippen MR) is 69.1 cm³/mol. The Morgan fingerprint density at radius 2 is 2.22 bits per heavy atom. The van der Waals surface area contributed by atoms with Crippen molar-refractivity contribution in [1.29, 1.82) is 0 Å². The molecule has 0 saturated carbocycles. The van der Waals surface area contributed by atoms with E-state index in [0.29, 0.717) is 5.75 Å². The molecule has 0 atom stereocenters. The molecule has 5 nitrogen and oxygen atoms in total. The van der Waals surface area contributed by atoms with Gasteiger partial charge in [0.25, 0.3) is 0 Å². The molecule has 1 aromatic rings. The van der Waals surface area contributed by atoms with Gasteiger partial charge in [0, 0.05) is 6.54 Å². The molecule has 0 aliphatic carbocycles. The first-order chi connectivity index (χ1) is 8.85. The highest BCUT2D eigenvalue weighted by Crippen LogP contribution is 2.41. The molecule has 1 aliphatic rings. The quantitative estimate of drug-likeness (QED) is 0.715. The summed E-state index contributed by atoms with van der Waals surface area (Å²) in [5.74, 6) is 2.18. The van der Waals surface area contributed by atoms with Crippen LogP contribution in [0.4, 0.5) is 0 Å². The molecular formula is C13H20N2O3. The molecule has 1 aliphatic heterocycles. The highest BCUT2D eigenvalue weighted by molar-refractivity contribution is 5.55. The molecular weight excluding hydrogens is 232 g/mol. The molecule has 0 aromatic heterocycles. The maximum absolute atomic E-state index is 5.45. The third kappa shape index (κ3) is 3.05. The van der Waals surface area contributed by atoms with Gasteiger partial charge in [0.05, 0.1) is 7.11 Å². The fourth-order valence-electron chi connectivity index (χ4n) is 1.91. The van der Waals surface area contributed by atoms with E-state index in [1.54, 1.807) is 7.11 Å². The van der Waals surface area contributed by atoms with Gasteiger partial charge in [-0.2, -0.15) is 0 Å². The molecule has 5 heteroatoms. The van der Waals surface area contributed by atoms with E-state index in [1.807, 2.05) is 12.1 Å². The first kappa shape index (κ1) is 13.0. The van der Waals surface area contributed by atoms with Crippen molar-refractivity contribution in [3.63, 3.8) is 0 Å². The number of rotatable bonds is 7. The Labute approximate surface area is 107 Å². The SMILES string of the molecule is COc1cc(CNCCCCN)cc2c1OCO2. The second-order valence-corrected chi connectivity index (χ2v) is 4.20. The lowest BCUT2D eigenvalue weighted by atomic mass is 10.2. The zero-order chi connectivity index (χ0) is 12.8. The van der Waals surface area contributed by atoms with Gasteiger partial charge in [-0.1, -0.05) is 0 Å². The van der Waals surface area contributed by atoms with Gasteiger partial charge in [0.15, 0.2) is 11.5 Å². The lowest BCUT2D eigenvalue weighted by molar-refractivity contribution is 0.171. The van der Waals surface area contributed by atoms with Crippen molar-refractivity contribution in [1.82, 2.24) is 5.32 Å². The van der Waals surface area contributed by atoms with Crippen LogP contribution in [-0.2, 0) is 6.54 Å². The first-order valence-corrected chi connectivity index (χ1v) is 6.22. The highest BCUT2D eigenvalue weighted by atomic mass is 16.7. The molecule has 100 valence electrons. The average Bonchev–Trinajstić information content (AvgIpc) is 2.85. The second-order valence-electron chi connectivity index (χ2n) is 4.20. The summed E-state index contributed by atoms with van der Waals surface area (Å²) in [5.41, 5.74) is 6.58. The Balaban J connectivity index is 1.93. The van der Waals surface area contributed by atoms with Crippen LogP contribution in [0.2, 0.25) is 0 Å². The summed E-state index contributed by atoms with van der Waals surface area (Å²) in [6.07, 6.45) is 2.15. The van der Waals surface area contributed by atoms with Crippen LogP contribution in [0, 0.1) is 0 Å². The van der Waals surface area contributed by atoms with Crippen LogP contribution < -0.4 is 25.3 Å². The summed E-state index contributed by atoms with van der Waals surface area (Å²) in [6.45, 7) is 2.77. The summed E-state index contributed by atoms with van der Waals surface area (Å²) < 4.78 is 16.0. The van der Waals surface area contributed by atoms with Crippen LogP contribution in [0.1, 0.15) is 18.4 Å². The van der Waals surface area contributed by atoms with E-state index in [2.05, 4.69) is 5.32 Å². The number of benzene rings is 1. The normalized spacial score (nSPS) is 12.8. The second kappa shape index (κ2) is 6.47. The Hall–Kier alpha value is -1.46. The summed E-state index contributed by atoms with van der Waals surface area (Å²) in [5, 5.41) is 3.37. The van der Waals surface area contributed by atoms with Gasteiger partial charge in [-0.3, -0.25) is 0 Å². The number of hydrogen-bond donors (Lipinski definition) is 2. The van der Waals surface area contributed by atoms with Gasteiger partial charge < -0.3 is 25.3 Å². The molecule has 18 heavy (non-hydrogen) atoms. The minimum absolute atomic E-state index is 0.263. The van der Waals surface area contributed by atoms with Gasteiger partial charge in [0.1, 0.15) is 0 Å². The third-order valence-corrected chi connectivity index (χ3v) is 2.85. The predicted octanol–water partition coefficient (Wildman–Crippen LogP) is 1.25. The van der Waals surface area contributed by atoms with E-state index in [0.717, 1.165) is 49.5 Å². The van der Waals surface area contributed by atoms with E-state index in [9.17, 15) is 0 Å². The van der Waals surface area contributed by atoms with Gasteiger partial charge >= 0.3 is 0 Å². The fraction of sp³-hybridized carbons (Fsp3) is 0.538. The topological polar surface area (TPSA) is 65.7 Å². The van der Waals surface area contributed by atoms with Crippen molar-refractivity contribution in [2.45, 2.75) is 19.4 Å². The summed E-state index contributed by atoms with van der Waals surface area (Å²) >= 11 is 0. The van der Waals surface area contributed by atoms with Crippen molar-refractivity contribution < 1.29 is 14.2 Å². The van der Waals surface area contributed by atoms with E-state index >= 15 is 0 Å². The van der Waals surface area contributed by atoms with Crippen molar-refractivity contribution in [2.75, 3.05) is 27.0 Å². The summed E-state index contributed by atoms with van der Waals surface area (Å²) in [6, 6.07) is 3.96. The Bertz CT molecular complexity index is 396. The molecule has 2 rings (SSSR count). The van der Waals surface area contributed by atoms with Gasteiger partial charge in [-0.05, 0) is 43.6 Å². The number of unbranched alkanes of at least 4 members (excludes halogenated alkanes) is 1. The number of nitrogens with one attached hydrogen (secondary N) is 1. The van der Waals surface area contributed by atoms with Crippen molar-refractivity contribution in [3.8, 4) is 17.2 Å². The van der Waals surface area contributed by atoms with E-state index in [4.69, 9.17) is 19.9 Å². The molecule has 0 unspecified atom stereocenters. The monoisotopic (exact) mass is 252 g/mol. The third-order valence-electron chi connectivity index (χ3n) is 2.85. The number of ether oxygens (including phenoxy) is 3. The maximum Gasteiger partial charge on any atom is 0.231 e. The molecule has 1 heterocycles. The maximum atomic E-state index is 5.45. The first-order valence-electron chi connectivity index (χ1n) is 6.22. The van der Waals surface area contributed by atoms with E-state index in [1.165, 1.54) is 0 Å². The average molecular weight is 252 g/mol. The smallest absolute Gasteiger partial charge is 0.231 e. The molecule has 0 fully saturated rings. The standard InChI is InChI=1S/C13H20N2O3/c1-16-11-6-10(8-15-5-3-2-4-14)7-12-13(11)18-9-17-12/h6-7,15H,2-5,8-9,14H2,1H3. The van der Waals surface area contributed by atoms with Crippen LogP contribution in [0.25, 0.3) is 0 Å². The lowest BCUT2D eigenvalue weighted by Crippen LogP contribution is -2.15. The molecule has 0 saturated heterocycles. The molecule has 0 spiro atoms. The minimum atomic E-state index is 0.263. The lowest BCUT2D eigenvalue weighted by Gasteiger charge is -2.09. The number of fused-ring (bicyclic) bond motifs is 1. The zero-order valence-electron chi connectivity index (χ0n) is 10.7. The largest absolute Gasteiger partial charge is 0.493 e. The van der Waals surface area contributed by atoms with Crippen LogP contribution in [0.5, 0.6) is 17.2 Å². The molecule has 0 radical (unpaired) electrons. The number of hydrogen-bond acceptors (Lipinski definition) is 5. The van der Waals surface area contributed by atoms with Crippen LogP contribution in [0.15, 0.2) is 12.1 Å². The van der Waals surface area contributed by atoms with Crippen molar-refractivity contribution in [2.24, 2.45) is 5.73 Å². The Morgan fingerprint density at radius 3 is 3.00 bits per heavy atom. The molecule has 0 amide bonds. The van der Waals surface area contributed by atoms with Crippen LogP contribution >= 0.6 is 0 Å². The van der Waals surface area contributed by atoms with Gasteiger partial charge in [0.2, 0.25) is 12.5 Å². The fourth-order valence-corrected chi connectivity index (χ4v) is 1.91. The summed E-state index contributed by atoms with van der Waals surface area (Å²) in [7, 11) is 1.63.